The first-order valence-corrected chi connectivity index (χ1v) is 9.96. The third-order valence-corrected chi connectivity index (χ3v) is 4.72. The van der Waals surface area contributed by atoms with E-state index in [9.17, 15) is 14.7 Å². The molecule has 0 aromatic heterocycles. The average Bonchev–Trinajstić information content (AvgIpc) is 2.62. The lowest BCUT2D eigenvalue weighted by molar-refractivity contribution is 0.0697. The number of carbonyl (C=O) groups is 2. The highest BCUT2D eigenvalue weighted by molar-refractivity contribution is 5.99. The number of aromatic carboxylic acids is 1. The average molecular weight is 398 g/mol. The molecule has 2 rings (SSSR count). The number of aryl methyl sites for hydroxylation is 2. The summed E-state index contributed by atoms with van der Waals surface area (Å²) in [4.78, 5) is 24.2. The normalized spacial score (nSPS) is 11.2. The fraction of sp³-hybridized carbons (Fsp3) is 0.417. The van der Waals surface area contributed by atoms with E-state index >= 15 is 0 Å². The number of carbonyl (C=O) groups excluding carboxylic acids is 1. The number of carboxylic acid groups (broad SMARTS) is 1. The standard InChI is InChI=1S/C24H30O5/c1-7-10-16-13-14-18(22(25)26)19(20(16)24(4,5)6)17-12-9-11-15(3)21(17)29-23(27)28-8-2/h9,11-14H,7-8,10H2,1-6H3,(H,25,26). The second kappa shape index (κ2) is 9.12. The van der Waals surface area contributed by atoms with E-state index in [-0.39, 0.29) is 17.6 Å². The van der Waals surface area contributed by atoms with E-state index in [1.807, 2.05) is 25.1 Å². The van der Waals surface area contributed by atoms with Gasteiger partial charge in [0.15, 0.2) is 0 Å². The van der Waals surface area contributed by atoms with Crippen LogP contribution in [0.15, 0.2) is 30.3 Å². The summed E-state index contributed by atoms with van der Waals surface area (Å²) in [7, 11) is 0. The predicted octanol–water partition coefficient (Wildman–Crippen LogP) is 6.15. The Balaban J connectivity index is 2.89. The van der Waals surface area contributed by atoms with Gasteiger partial charge in [-0.1, -0.05) is 58.4 Å². The van der Waals surface area contributed by atoms with Crippen LogP contribution in [0, 0.1) is 6.92 Å². The van der Waals surface area contributed by atoms with Crippen LogP contribution in [-0.2, 0) is 16.6 Å². The number of ether oxygens (including phenoxy) is 2. The van der Waals surface area contributed by atoms with E-state index in [4.69, 9.17) is 9.47 Å². The van der Waals surface area contributed by atoms with Gasteiger partial charge in [0.1, 0.15) is 5.75 Å². The fourth-order valence-corrected chi connectivity index (χ4v) is 3.65. The third kappa shape index (κ3) is 4.97. The molecule has 0 spiro atoms. The van der Waals surface area contributed by atoms with E-state index in [0.717, 1.165) is 29.5 Å². The minimum Gasteiger partial charge on any atom is -0.478 e. The number of hydrogen-bond acceptors (Lipinski definition) is 4. The SMILES string of the molecule is CCCc1ccc(C(=O)O)c(-c2cccc(C)c2OC(=O)OCC)c1C(C)(C)C. The van der Waals surface area contributed by atoms with Crippen LogP contribution in [0.2, 0.25) is 0 Å². The second-order valence-corrected chi connectivity index (χ2v) is 8.06. The second-order valence-electron chi connectivity index (χ2n) is 8.06. The maximum atomic E-state index is 12.1. The number of hydrogen-bond donors (Lipinski definition) is 1. The van der Waals surface area contributed by atoms with Gasteiger partial charge in [-0.3, -0.25) is 0 Å². The van der Waals surface area contributed by atoms with E-state index in [1.165, 1.54) is 0 Å². The summed E-state index contributed by atoms with van der Waals surface area (Å²) in [5.74, 6) is -0.690. The summed E-state index contributed by atoms with van der Waals surface area (Å²) < 4.78 is 10.5. The molecule has 0 saturated carbocycles. The van der Waals surface area contributed by atoms with Crippen LogP contribution in [0.5, 0.6) is 5.75 Å². The van der Waals surface area contributed by atoms with Crippen molar-refractivity contribution in [2.45, 2.75) is 59.8 Å². The quantitative estimate of drug-likeness (QED) is 0.467. The van der Waals surface area contributed by atoms with Crippen molar-refractivity contribution in [1.82, 2.24) is 0 Å². The summed E-state index contributed by atoms with van der Waals surface area (Å²) in [6, 6.07) is 9.01. The predicted molar refractivity (Wildman–Crippen MR) is 114 cm³/mol. The Bertz CT molecular complexity index is 906. The highest BCUT2D eigenvalue weighted by Crippen LogP contribution is 2.43. The monoisotopic (exact) mass is 398 g/mol. The van der Waals surface area contributed by atoms with E-state index in [0.29, 0.717) is 16.9 Å². The van der Waals surface area contributed by atoms with Gasteiger partial charge in [-0.15, -0.1) is 0 Å². The molecule has 5 nitrogen and oxygen atoms in total. The first-order chi connectivity index (χ1) is 13.6. The maximum Gasteiger partial charge on any atom is 0.513 e. The molecular formula is C24H30O5. The van der Waals surface area contributed by atoms with Crippen LogP contribution in [-0.4, -0.2) is 23.8 Å². The molecule has 0 atom stereocenters. The van der Waals surface area contributed by atoms with Crippen molar-refractivity contribution >= 4 is 12.1 Å². The lowest BCUT2D eigenvalue weighted by Crippen LogP contribution is -2.19. The van der Waals surface area contributed by atoms with Crippen LogP contribution in [0.4, 0.5) is 4.79 Å². The smallest absolute Gasteiger partial charge is 0.478 e. The van der Waals surface area contributed by atoms with Crippen molar-refractivity contribution in [1.29, 1.82) is 0 Å². The number of benzene rings is 2. The zero-order valence-corrected chi connectivity index (χ0v) is 18.1. The maximum absolute atomic E-state index is 12.1. The topological polar surface area (TPSA) is 72.8 Å². The molecule has 0 fully saturated rings. The van der Waals surface area contributed by atoms with Crippen LogP contribution in [0.1, 0.15) is 68.1 Å². The van der Waals surface area contributed by atoms with Gasteiger partial charge in [-0.05, 0) is 48.4 Å². The minimum absolute atomic E-state index is 0.189. The zero-order chi connectivity index (χ0) is 21.8. The lowest BCUT2D eigenvalue weighted by Gasteiger charge is -2.29. The lowest BCUT2D eigenvalue weighted by atomic mass is 9.76. The molecular weight excluding hydrogens is 368 g/mol. The van der Waals surface area contributed by atoms with Gasteiger partial charge in [0, 0.05) is 11.1 Å². The van der Waals surface area contributed by atoms with Crippen molar-refractivity contribution in [2.24, 2.45) is 0 Å². The Morgan fingerprint density at radius 2 is 1.76 bits per heavy atom. The van der Waals surface area contributed by atoms with Gasteiger partial charge < -0.3 is 14.6 Å². The summed E-state index contributed by atoms with van der Waals surface area (Å²) in [6.45, 7) is 12.0. The van der Waals surface area contributed by atoms with Crippen molar-refractivity contribution in [3.63, 3.8) is 0 Å². The van der Waals surface area contributed by atoms with Crippen LogP contribution in [0.25, 0.3) is 11.1 Å². The van der Waals surface area contributed by atoms with Crippen molar-refractivity contribution in [3.05, 3.63) is 52.6 Å². The summed E-state index contributed by atoms with van der Waals surface area (Å²) in [5, 5.41) is 9.93. The highest BCUT2D eigenvalue weighted by Gasteiger charge is 2.29. The molecule has 0 aliphatic carbocycles. The zero-order valence-electron chi connectivity index (χ0n) is 18.1. The molecule has 0 heterocycles. The Labute approximate surface area is 172 Å². The summed E-state index contributed by atoms with van der Waals surface area (Å²) in [6.07, 6.45) is 0.968. The minimum atomic E-state index is -1.02. The Morgan fingerprint density at radius 3 is 2.31 bits per heavy atom. The van der Waals surface area contributed by atoms with Gasteiger partial charge in [-0.2, -0.15) is 0 Å². The van der Waals surface area contributed by atoms with Crippen LogP contribution >= 0.6 is 0 Å². The van der Waals surface area contributed by atoms with E-state index in [1.54, 1.807) is 19.1 Å². The molecule has 2 aromatic carbocycles. The molecule has 0 amide bonds. The molecule has 5 heteroatoms. The van der Waals surface area contributed by atoms with Crippen molar-refractivity contribution in [3.8, 4) is 16.9 Å². The Hall–Kier alpha value is -2.82. The van der Waals surface area contributed by atoms with Crippen LogP contribution < -0.4 is 4.74 Å². The molecule has 0 aliphatic rings. The molecule has 0 aliphatic heterocycles. The largest absolute Gasteiger partial charge is 0.513 e. The van der Waals surface area contributed by atoms with Gasteiger partial charge in [0.05, 0.1) is 12.2 Å². The molecule has 29 heavy (non-hydrogen) atoms. The molecule has 0 radical (unpaired) electrons. The fourth-order valence-electron chi connectivity index (χ4n) is 3.65. The summed E-state index contributed by atoms with van der Waals surface area (Å²) in [5.41, 5.74) is 3.84. The van der Waals surface area contributed by atoms with E-state index in [2.05, 4.69) is 27.7 Å². The van der Waals surface area contributed by atoms with Crippen LogP contribution in [0.3, 0.4) is 0 Å². The third-order valence-electron chi connectivity index (χ3n) is 4.72. The van der Waals surface area contributed by atoms with Gasteiger partial charge in [-0.25, -0.2) is 9.59 Å². The van der Waals surface area contributed by atoms with Gasteiger partial charge >= 0.3 is 12.1 Å². The molecule has 0 saturated heterocycles. The molecule has 2 aromatic rings. The first-order valence-electron chi connectivity index (χ1n) is 9.96. The number of carboxylic acids is 1. The van der Waals surface area contributed by atoms with Gasteiger partial charge in [0.2, 0.25) is 0 Å². The molecule has 0 unspecified atom stereocenters. The molecule has 1 N–H and O–H groups in total. The number of para-hydroxylation sites is 1. The van der Waals surface area contributed by atoms with Gasteiger partial charge in [0.25, 0.3) is 0 Å². The number of rotatable bonds is 6. The highest BCUT2D eigenvalue weighted by atomic mass is 16.7. The molecule has 0 bridgehead atoms. The van der Waals surface area contributed by atoms with Crippen molar-refractivity contribution in [2.75, 3.05) is 6.61 Å². The Kier molecular flexibility index (Phi) is 7.07. The van der Waals surface area contributed by atoms with E-state index < -0.39 is 12.1 Å². The Morgan fingerprint density at radius 1 is 1.07 bits per heavy atom. The summed E-state index contributed by atoms with van der Waals surface area (Å²) >= 11 is 0. The first kappa shape index (κ1) is 22.5. The molecule has 156 valence electrons. The van der Waals surface area contributed by atoms with Crippen molar-refractivity contribution < 1.29 is 24.2 Å².